The van der Waals surface area contributed by atoms with Crippen molar-refractivity contribution in [2.75, 3.05) is 13.7 Å². The van der Waals surface area contributed by atoms with Gasteiger partial charge in [0, 0.05) is 19.7 Å². The number of hydrogen-bond acceptors (Lipinski definition) is 4. The van der Waals surface area contributed by atoms with Crippen molar-refractivity contribution in [3.63, 3.8) is 0 Å². The first-order valence-electron chi connectivity index (χ1n) is 6.58. The van der Waals surface area contributed by atoms with Crippen molar-refractivity contribution in [1.82, 2.24) is 15.3 Å². The van der Waals surface area contributed by atoms with Gasteiger partial charge in [-0.1, -0.05) is 6.92 Å². The van der Waals surface area contributed by atoms with Gasteiger partial charge in [0.1, 0.15) is 11.9 Å². The van der Waals surface area contributed by atoms with E-state index in [0.717, 1.165) is 31.5 Å². The standard InChI is InChI=1S/C13H21N3O2/c1-3-6-14-8-10-7-11(17)16-13(15-10)12(18-2)9-4-5-9/h7,9,12,14H,3-6,8H2,1-2H3,(H,15,16,17). The number of methoxy groups -OCH3 is 1. The van der Waals surface area contributed by atoms with Crippen molar-refractivity contribution in [2.24, 2.45) is 5.92 Å². The summed E-state index contributed by atoms with van der Waals surface area (Å²) in [5.74, 6) is 1.18. The Balaban J connectivity index is 2.12. The molecule has 1 aliphatic rings. The minimum atomic E-state index is -0.101. The fourth-order valence-corrected chi connectivity index (χ4v) is 2.07. The first kappa shape index (κ1) is 13.2. The minimum Gasteiger partial charge on any atom is -0.373 e. The Morgan fingerprint density at radius 1 is 1.61 bits per heavy atom. The zero-order chi connectivity index (χ0) is 13.0. The average molecular weight is 251 g/mol. The summed E-state index contributed by atoms with van der Waals surface area (Å²) in [6, 6.07) is 1.55. The van der Waals surface area contributed by atoms with Crippen LogP contribution in [0, 0.1) is 5.92 Å². The highest BCUT2D eigenvalue weighted by molar-refractivity contribution is 5.07. The molecule has 0 bridgehead atoms. The fourth-order valence-electron chi connectivity index (χ4n) is 2.07. The Bertz CT molecular complexity index is 440. The van der Waals surface area contributed by atoms with Crippen molar-refractivity contribution in [1.29, 1.82) is 0 Å². The first-order chi connectivity index (χ1) is 8.74. The van der Waals surface area contributed by atoms with Crippen molar-refractivity contribution in [3.05, 3.63) is 27.9 Å². The molecule has 0 spiro atoms. The van der Waals surface area contributed by atoms with Gasteiger partial charge >= 0.3 is 0 Å². The zero-order valence-corrected chi connectivity index (χ0v) is 11.0. The molecule has 5 heteroatoms. The highest BCUT2D eigenvalue weighted by Crippen LogP contribution is 2.41. The number of hydrogen-bond donors (Lipinski definition) is 2. The third-order valence-electron chi connectivity index (χ3n) is 3.12. The third-order valence-corrected chi connectivity index (χ3v) is 3.12. The van der Waals surface area contributed by atoms with Crippen LogP contribution < -0.4 is 10.9 Å². The van der Waals surface area contributed by atoms with Gasteiger partial charge in [-0.25, -0.2) is 4.98 Å². The molecule has 0 radical (unpaired) electrons. The highest BCUT2D eigenvalue weighted by atomic mass is 16.5. The Labute approximate surface area is 107 Å². The molecule has 5 nitrogen and oxygen atoms in total. The molecule has 1 atom stereocenters. The van der Waals surface area contributed by atoms with E-state index in [2.05, 4.69) is 22.2 Å². The van der Waals surface area contributed by atoms with Gasteiger partial charge in [-0.05, 0) is 31.7 Å². The molecule has 1 aromatic heterocycles. The molecule has 0 saturated heterocycles. The summed E-state index contributed by atoms with van der Waals surface area (Å²) in [7, 11) is 1.67. The maximum Gasteiger partial charge on any atom is 0.251 e. The van der Waals surface area contributed by atoms with Gasteiger partial charge in [0.25, 0.3) is 5.56 Å². The predicted octanol–water partition coefficient (Wildman–Crippen LogP) is 1.37. The number of nitrogens with zero attached hydrogens (tertiary/aromatic N) is 1. The molecule has 18 heavy (non-hydrogen) atoms. The van der Waals surface area contributed by atoms with Crippen LogP contribution in [0.5, 0.6) is 0 Å². The summed E-state index contributed by atoms with van der Waals surface area (Å²) >= 11 is 0. The second-order valence-corrected chi connectivity index (χ2v) is 4.79. The number of rotatable bonds is 7. The fraction of sp³-hybridized carbons (Fsp3) is 0.692. The second-order valence-electron chi connectivity index (χ2n) is 4.79. The van der Waals surface area contributed by atoms with Crippen molar-refractivity contribution >= 4 is 0 Å². The van der Waals surface area contributed by atoms with Crippen LogP contribution in [0.1, 0.15) is 43.8 Å². The van der Waals surface area contributed by atoms with E-state index in [0.29, 0.717) is 18.3 Å². The van der Waals surface area contributed by atoms with Crippen LogP contribution in [0.15, 0.2) is 10.9 Å². The minimum absolute atomic E-state index is 0.0659. The number of aromatic amines is 1. The molecule has 1 fully saturated rings. The Morgan fingerprint density at radius 3 is 3.00 bits per heavy atom. The van der Waals surface area contributed by atoms with E-state index in [1.54, 1.807) is 13.2 Å². The monoisotopic (exact) mass is 251 g/mol. The number of ether oxygens (including phenoxy) is 1. The van der Waals surface area contributed by atoms with E-state index in [1.165, 1.54) is 0 Å². The number of aromatic nitrogens is 2. The molecule has 2 N–H and O–H groups in total. The molecule has 1 aromatic rings. The smallest absolute Gasteiger partial charge is 0.251 e. The molecule has 1 saturated carbocycles. The summed E-state index contributed by atoms with van der Waals surface area (Å²) in [4.78, 5) is 18.9. The largest absolute Gasteiger partial charge is 0.373 e. The molecular formula is C13H21N3O2. The summed E-state index contributed by atoms with van der Waals surface area (Å²) in [6.07, 6.45) is 3.31. The molecule has 0 aromatic carbocycles. The van der Waals surface area contributed by atoms with E-state index in [-0.39, 0.29) is 11.7 Å². The summed E-state index contributed by atoms with van der Waals surface area (Å²) in [5, 5.41) is 3.25. The van der Waals surface area contributed by atoms with Crippen LogP contribution >= 0.6 is 0 Å². The van der Waals surface area contributed by atoms with Crippen LogP contribution in [0.3, 0.4) is 0 Å². The van der Waals surface area contributed by atoms with Crippen LogP contribution in [0.2, 0.25) is 0 Å². The maximum absolute atomic E-state index is 11.6. The summed E-state index contributed by atoms with van der Waals surface area (Å²) in [5.41, 5.74) is 0.681. The molecule has 1 unspecified atom stereocenters. The van der Waals surface area contributed by atoms with Crippen molar-refractivity contribution in [3.8, 4) is 0 Å². The molecule has 1 aliphatic carbocycles. The van der Waals surface area contributed by atoms with Crippen LogP contribution in [0.4, 0.5) is 0 Å². The third kappa shape index (κ3) is 3.40. The van der Waals surface area contributed by atoms with Gasteiger partial charge in [-0.3, -0.25) is 4.79 Å². The predicted molar refractivity (Wildman–Crippen MR) is 69.3 cm³/mol. The molecule has 1 heterocycles. The SMILES string of the molecule is CCCNCc1cc(=O)[nH]c(C(OC)C2CC2)n1. The lowest BCUT2D eigenvalue weighted by Gasteiger charge is -2.14. The van der Waals surface area contributed by atoms with Crippen molar-refractivity contribution in [2.45, 2.75) is 38.8 Å². The lowest BCUT2D eigenvalue weighted by atomic mass is 10.2. The van der Waals surface area contributed by atoms with Gasteiger partial charge in [0.2, 0.25) is 0 Å². The Kier molecular flexibility index (Phi) is 4.49. The van der Waals surface area contributed by atoms with Gasteiger partial charge < -0.3 is 15.0 Å². The van der Waals surface area contributed by atoms with Gasteiger partial charge in [0.15, 0.2) is 0 Å². The second kappa shape index (κ2) is 6.11. The van der Waals surface area contributed by atoms with E-state index in [1.807, 2.05) is 0 Å². The Morgan fingerprint density at radius 2 is 2.39 bits per heavy atom. The lowest BCUT2D eigenvalue weighted by molar-refractivity contribution is 0.0767. The quantitative estimate of drug-likeness (QED) is 0.718. The van der Waals surface area contributed by atoms with Crippen molar-refractivity contribution < 1.29 is 4.74 Å². The van der Waals surface area contributed by atoms with Gasteiger partial charge in [-0.15, -0.1) is 0 Å². The van der Waals surface area contributed by atoms with E-state index in [4.69, 9.17) is 4.74 Å². The molecule has 0 amide bonds. The van der Waals surface area contributed by atoms with E-state index in [9.17, 15) is 4.79 Å². The normalized spacial score (nSPS) is 16.8. The molecule has 2 rings (SSSR count). The van der Waals surface area contributed by atoms with Crippen LogP contribution in [-0.4, -0.2) is 23.6 Å². The van der Waals surface area contributed by atoms with Gasteiger partial charge in [0.05, 0.1) is 5.69 Å². The maximum atomic E-state index is 11.6. The van der Waals surface area contributed by atoms with Crippen LogP contribution in [0.25, 0.3) is 0 Å². The summed E-state index contributed by atoms with van der Waals surface area (Å²) < 4.78 is 5.44. The molecular weight excluding hydrogens is 230 g/mol. The van der Waals surface area contributed by atoms with E-state index >= 15 is 0 Å². The van der Waals surface area contributed by atoms with E-state index < -0.39 is 0 Å². The average Bonchev–Trinajstić information content (AvgIpc) is 3.14. The number of H-pyrrole nitrogens is 1. The Hall–Kier alpha value is -1.20. The molecule has 100 valence electrons. The first-order valence-corrected chi connectivity index (χ1v) is 6.58. The van der Waals surface area contributed by atoms with Crippen LogP contribution in [-0.2, 0) is 11.3 Å². The van der Waals surface area contributed by atoms with Gasteiger partial charge in [-0.2, -0.15) is 0 Å². The lowest BCUT2D eigenvalue weighted by Crippen LogP contribution is -2.21. The highest BCUT2D eigenvalue weighted by Gasteiger charge is 2.34. The zero-order valence-electron chi connectivity index (χ0n) is 11.0. The topological polar surface area (TPSA) is 67.0 Å². The number of nitrogens with one attached hydrogen (secondary N) is 2. The molecule has 0 aliphatic heterocycles. The summed E-state index contributed by atoms with van der Waals surface area (Å²) in [6.45, 7) is 3.67.